The number of hydrogen-bond acceptors (Lipinski definition) is 3. The Balaban J connectivity index is 1.92. The van der Waals surface area contributed by atoms with E-state index >= 15 is 0 Å². The maximum Gasteiger partial charge on any atom is 0.241 e. The van der Waals surface area contributed by atoms with Gasteiger partial charge in [-0.25, -0.2) is 13.1 Å². The molecule has 3 aromatic rings. The minimum atomic E-state index is -3.65. The van der Waals surface area contributed by atoms with Gasteiger partial charge in [0.2, 0.25) is 10.0 Å². The minimum absolute atomic E-state index is 0.266. The molecule has 0 aliphatic heterocycles. The first-order valence-corrected chi connectivity index (χ1v) is 11.7. The van der Waals surface area contributed by atoms with Gasteiger partial charge in [-0.3, -0.25) is 0 Å². The molecule has 0 amide bonds. The van der Waals surface area contributed by atoms with E-state index in [-0.39, 0.29) is 6.04 Å². The summed E-state index contributed by atoms with van der Waals surface area (Å²) < 4.78 is 32.1. The van der Waals surface area contributed by atoms with Gasteiger partial charge in [-0.1, -0.05) is 24.6 Å². The van der Waals surface area contributed by atoms with Crippen molar-refractivity contribution in [3.05, 3.63) is 63.3 Å². The minimum Gasteiger partial charge on any atom is -0.345 e. The van der Waals surface area contributed by atoms with Crippen molar-refractivity contribution >= 4 is 36.9 Å². The van der Waals surface area contributed by atoms with E-state index in [9.17, 15) is 8.42 Å². The van der Waals surface area contributed by atoms with E-state index in [0.717, 1.165) is 32.1 Å². The lowest BCUT2D eigenvalue weighted by Crippen LogP contribution is -2.38. The largest absolute Gasteiger partial charge is 0.345 e. The third kappa shape index (κ3) is 4.40. The lowest BCUT2D eigenvalue weighted by molar-refractivity contribution is 0.491. The van der Waals surface area contributed by atoms with Gasteiger partial charge in [-0.2, -0.15) is 5.26 Å². The molecule has 2 aromatic carbocycles. The number of aromatic nitrogens is 1. The average Bonchev–Trinajstić information content (AvgIpc) is 2.94. The summed E-state index contributed by atoms with van der Waals surface area (Å²) in [6.07, 6.45) is 2.59. The Hall–Kier alpha value is -2.14. The monoisotopic (exact) mass is 473 g/mol. The summed E-state index contributed by atoms with van der Waals surface area (Å²) in [5, 5.41) is 10.1. The third-order valence-electron chi connectivity index (χ3n) is 5.07. The summed E-state index contributed by atoms with van der Waals surface area (Å²) in [5.41, 5.74) is 4.10. The smallest absolute Gasteiger partial charge is 0.241 e. The summed E-state index contributed by atoms with van der Waals surface area (Å²) in [4.78, 5) is 0.360. The first-order valence-electron chi connectivity index (χ1n) is 9.45. The summed E-state index contributed by atoms with van der Waals surface area (Å²) in [7, 11) is -3.65. The zero-order valence-corrected chi connectivity index (χ0v) is 19.4. The Morgan fingerprint density at radius 1 is 1.17 bits per heavy atom. The Morgan fingerprint density at radius 2 is 1.83 bits per heavy atom. The molecule has 0 aliphatic rings. The van der Waals surface area contributed by atoms with Gasteiger partial charge in [0, 0.05) is 34.2 Å². The quantitative estimate of drug-likeness (QED) is 0.549. The number of nitriles is 1. The van der Waals surface area contributed by atoms with Gasteiger partial charge in [0.1, 0.15) is 0 Å². The zero-order chi connectivity index (χ0) is 21.3. The summed E-state index contributed by atoms with van der Waals surface area (Å²) >= 11 is 3.55. The van der Waals surface area contributed by atoms with E-state index < -0.39 is 10.0 Å². The molecule has 1 N–H and O–H groups in total. The first kappa shape index (κ1) is 21.6. The SMILES string of the molecule is CCC(Cn1cc(Br)c2cc(C#N)ccc21)NS(=O)(=O)c1c(C)cc(C)cc1C. The molecule has 0 radical (unpaired) electrons. The molecule has 7 heteroatoms. The Morgan fingerprint density at radius 3 is 2.41 bits per heavy atom. The fourth-order valence-corrected chi connectivity index (χ4v) is 6.16. The lowest BCUT2D eigenvalue weighted by Gasteiger charge is -2.20. The molecule has 0 bridgehead atoms. The highest BCUT2D eigenvalue weighted by molar-refractivity contribution is 9.10. The van der Waals surface area contributed by atoms with Crippen LogP contribution >= 0.6 is 15.9 Å². The molecule has 0 spiro atoms. The van der Waals surface area contributed by atoms with Crippen LogP contribution in [0.3, 0.4) is 0 Å². The number of nitrogens with one attached hydrogen (secondary N) is 1. The normalized spacial score (nSPS) is 12.8. The fourth-order valence-electron chi connectivity index (χ4n) is 3.83. The Labute approximate surface area is 180 Å². The number of rotatable bonds is 6. The summed E-state index contributed by atoms with van der Waals surface area (Å²) in [6, 6.07) is 11.2. The highest BCUT2D eigenvalue weighted by Crippen LogP contribution is 2.28. The van der Waals surface area contributed by atoms with Crippen LogP contribution in [0.1, 0.15) is 35.6 Å². The van der Waals surface area contributed by atoms with Gasteiger partial charge < -0.3 is 4.57 Å². The van der Waals surface area contributed by atoms with Crippen LogP contribution < -0.4 is 4.72 Å². The molecular weight excluding hydrogens is 450 g/mol. The Bertz CT molecular complexity index is 1200. The van der Waals surface area contributed by atoms with Gasteiger partial charge in [0.25, 0.3) is 0 Å². The maximum absolute atomic E-state index is 13.1. The molecule has 3 rings (SSSR count). The number of benzene rings is 2. The van der Waals surface area contributed by atoms with Crippen LogP contribution in [-0.2, 0) is 16.6 Å². The van der Waals surface area contributed by atoms with E-state index in [1.54, 1.807) is 6.07 Å². The van der Waals surface area contributed by atoms with Gasteiger partial charge in [-0.15, -0.1) is 0 Å². The van der Waals surface area contributed by atoms with Crippen LogP contribution in [0.4, 0.5) is 0 Å². The van der Waals surface area contributed by atoms with E-state index in [0.29, 0.717) is 23.4 Å². The van der Waals surface area contributed by atoms with E-state index in [4.69, 9.17) is 5.26 Å². The topological polar surface area (TPSA) is 74.9 Å². The standard InChI is InChI=1S/C22H24BrN3O2S/c1-5-18(25-29(27,28)22-15(3)8-14(2)9-16(22)4)12-26-13-20(23)19-10-17(11-24)6-7-21(19)26/h6-10,13,18,25H,5,12H2,1-4H3. The molecule has 152 valence electrons. The zero-order valence-electron chi connectivity index (χ0n) is 17.0. The molecule has 0 saturated carbocycles. The van der Waals surface area contributed by atoms with Crippen molar-refractivity contribution in [2.75, 3.05) is 0 Å². The second-order valence-corrected chi connectivity index (χ2v) is 9.93. The molecular formula is C22H24BrN3O2S. The number of fused-ring (bicyclic) bond motifs is 1. The van der Waals surface area contributed by atoms with Gasteiger partial charge in [0.15, 0.2) is 0 Å². The van der Waals surface area contributed by atoms with E-state index in [2.05, 4.69) is 26.7 Å². The van der Waals surface area contributed by atoms with Gasteiger partial charge >= 0.3 is 0 Å². The van der Waals surface area contributed by atoms with Gasteiger partial charge in [-0.05, 0) is 72.4 Å². The lowest BCUT2D eigenvalue weighted by atomic mass is 10.1. The van der Waals surface area contributed by atoms with Crippen molar-refractivity contribution in [2.24, 2.45) is 0 Å². The molecule has 0 fully saturated rings. The van der Waals surface area contributed by atoms with E-state index in [1.807, 2.05) is 62.7 Å². The highest BCUT2D eigenvalue weighted by atomic mass is 79.9. The first-order chi connectivity index (χ1) is 13.7. The van der Waals surface area contributed by atoms with Crippen LogP contribution in [0.5, 0.6) is 0 Å². The second kappa shape index (κ2) is 8.31. The average molecular weight is 474 g/mol. The highest BCUT2D eigenvalue weighted by Gasteiger charge is 2.24. The van der Waals surface area contributed by atoms with Gasteiger partial charge in [0.05, 0.1) is 16.5 Å². The van der Waals surface area contributed by atoms with Crippen molar-refractivity contribution in [3.63, 3.8) is 0 Å². The molecule has 0 saturated heterocycles. The number of nitrogens with zero attached hydrogens (tertiary/aromatic N) is 2. The number of sulfonamides is 1. The van der Waals surface area contributed by atoms with Crippen LogP contribution in [0.15, 0.2) is 45.9 Å². The molecule has 1 atom stereocenters. The van der Waals surface area contributed by atoms with Crippen LogP contribution in [0, 0.1) is 32.1 Å². The molecule has 29 heavy (non-hydrogen) atoms. The number of aryl methyl sites for hydroxylation is 3. The number of hydrogen-bond donors (Lipinski definition) is 1. The van der Waals surface area contributed by atoms with Crippen LogP contribution in [-0.4, -0.2) is 19.0 Å². The second-order valence-electron chi connectivity index (χ2n) is 7.43. The molecule has 1 aromatic heterocycles. The summed E-state index contributed by atoms with van der Waals surface area (Å²) in [6.45, 7) is 8.09. The van der Waals surface area contributed by atoms with Crippen molar-refractivity contribution in [2.45, 2.75) is 51.6 Å². The molecule has 1 unspecified atom stereocenters. The Kier molecular flexibility index (Phi) is 6.18. The van der Waals surface area contributed by atoms with Crippen molar-refractivity contribution in [1.82, 2.24) is 9.29 Å². The molecule has 5 nitrogen and oxygen atoms in total. The third-order valence-corrected chi connectivity index (χ3v) is 7.52. The van der Waals surface area contributed by atoms with Crippen molar-refractivity contribution in [3.8, 4) is 6.07 Å². The van der Waals surface area contributed by atoms with Crippen molar-refractivity contribution < 1.29 is 8.42 Å². The number of halogens is 1. The predicted octanol–water partition coefficient (Wildman–Crippen LogP) is 4.96. The summed E-state index contributed by atoms with van der Waals surface area (Å²) in [5.74, 6) is 0. The fraction of sp³-hybridized carbons (Fsp3) is 0.318. The van der Waals surface area contributed by atoms with Crippen LogP contribution in [0.25, 0.3) is 10.9 Å². The molecule has 1 heterocycles. The molecule has 0 aliphatic carbocycles. The van der Waals surface area contributed by atoms with E-state index in [1.165, 1.54) is 0 Å². The maximum atomic E-state index is 13.1. The van der Waals surface area contributed by atoms with Crippen LogP contribution in [0.2, 0.25) is 0 Å². The predicted molar refractivity (Wildman–Crippen MR) is 119 cm³/mol. The van der Waals surface area contributed by atoms with Crippen molar-refractivity contribution in [1.29, 1.82) is 5.26 Å².